The molecule has 0 bridgehead atoms. The van der Waals surface area contributed by atoms with Gasteiger partial charge in [-0.3, -0.25) is 4.79 Å². The van der Waals surface area contributed by atoms with E-state index in [1.807, 2.05) is 22.8 Å². The van der Waals surface area contributed by atoms with E-state index in [9.17, 15) is 9.59 Å². The minimum atomic E-state index is -0.426. The van der Waals surface area contributed by atoms with Crippen LogP contribution in [0.4, 0.5) is 4.79 Å². The molecule has 2 aliphatic rings. The van der Waals surface area contributed by atoms with Gasteiger partial charge in [-0.15, -0.1) is 0 Å². The van der Waals surface area contributed by atoms with Gasteiger partial charge in [0.2, 0.25) is 5.91 Å². The van der Waals surface area contributed by atoms with Crippen molar-refractivity contribution in [2.75, 3.05) is 26.2 Å². The predicted molar refractivity (Wildman–Crippen MR) is 78.9 cm³/mol. The molecule has 3 rings (SSSR count). The van der Waals surface area contributed by atoms with Crippen molar-refractivity contribution in [2.45, 2.75) is 19.5 Å². The van der Waals surface area contributed by atoms with Crippen molar-refractivity contribution in [3.8, 4) is 0 Å². The van der Waals surface area contributed by atoms with Crippen LogP contribution in [0.2, 0.25) is 0 Å². The Morgan fingerprint density at radius 3 is 2.95 bits per heavy atom. The standard InChI is InChI=1S/C15H20N4O2/c1-10-6-11(14(16)20)2-3-12(10)8-18-9-13-7-17-4-5-19(13)15(18)21/h2-3,6,13,17H,4-5,7-9H2,1H3,(H2,16,20). The monoisotopic (exact) mass is 288 g/mol. The Balaban J connectivity index is 1.75. The number of benzene rings is 1. The molecule has 6 nitrogen and oxygen atoms in total. The van der Waals surface area contributed by atoms with E-state index >= 15 is 0 Å². The lowest BCUT2D eigenvalue weighted by molar-refractivity contribution is 0.1000. The van der Waals surface area contributed by atoms with Crippen LogP contribution in [-0.4, -0.2) is 54.0 Å². The van der Waals surface area contributed by atoms with Crippen molar-refractivity contribution in [2.24, 2.45) is 5.73 Å². The summed E-state index contributed by atoms with van der Waals surface area (Å²) in [7, 11) is 0. The number of carbonyl (C=O) groups excluding carboxylic acids is 2. The Morgan fingerprint density at radius 1 is 1.48 bits per heavy atom. The second-order valence-corrected chi connectivity index (χ2v) is 5.72. The average molecular weight is 288 g/mol. The maximum absolute atomic E-state index is 12.4. The first-order valence-electron chi connectivity index (χ1n) is 7.22. The number of primary amides is 1. The van der Waals surface area contributed by atoms with E-state index in [4.69, 9.17) is 5.73 Å². The first-order valence-corrected chi connectivity index (χ1v) is 7.22. The van der Waals surface area contributed by atoms with E-state index in [0.717, 1.165) is 37.3 Å². The van der Waals surface area contributed by atoms with Crippen molar-refractivity contribution in [3.63, 3.8) is 0 Å². The molecular weight excluding hydrogens is 268 g/mol. The van der Waals surface area contributed by atoms with Gasteiger partial charge < -0.3 is 20.9 Å². The van der Waals surface area contributed by atoms with Crippen LogP contribution in [0.3, 0.4) is 0 Å². The van der Waals surface area contributed by atoms with Gasteiger partial charge in [0.25, 0.3) is 0 Å². The Kier molecular flexibility index (Phi) is 3.55. The summed E-state index contributed by atoms with van der Waals surface area (Å²) in [5.74, 6) is -0.426. The van der Waals surface area contributed by atoms with Gasteiger partial charge in [-0.05, 0) is 30.2 Å². The minimum absolute atomic E-state index is 0.111. The average Bonchev–Trinajstić information content (AvgIpc) is 2.78. The zero-order chi connectivity index (χ0) is 15.0. The van der Waals surface area contributed by atoms with Gasteiger partial charge in [-0.1, -0.05) is 6.07 Å². The van der Waals surface area contributed by atoms with E-state index in [1.54, 1.807) is 12.1 Å². The van der Waals surface area contributed by atoms with Crippen LogP contribution in [0, 0.1) is 6.92 Å². The number of aryl methyl sites for hydroxylation is 1. The van der Waals surface area contributed by atoms with Crippen molar-refractivity contribution in [3.05, 3.63) is 34.9 Å². The molecule has 3 amide bonds. The molecule has 1 unspecified atom stereocenters. The summed E-state index contributed by atoms with van der Waals surface area (Å²) in [5.41, 5.74) is 7.83. The van der Waals surface area contributed by atoms with Crippen molar-refractivity contribution >= 4 is 11.9 Å². The lowest BCUT2D eigenvalue weighted by Gasteiger charge is -2.28. The molecule has 0 saturated carbocycles. The number of hydrogen-bond acceptors (Lipinski definition) is 3. The second kappa shape index (κ2) is 5.37. The van der Waals surface area contributed by atoms with Gasteiger partial charge in [0.15, 0.2) is 0 Å². The molecule has 2 heterocycles. The number of hydrogen-bond donors (Lipinski definition) is 2. The molecule has 2 fully saturated rings. The van der Waals surface area contributed by atoms with Crippen molar-refractivity contribution in [1.29, 1.82) is 0 Å². The van der Waals surface area contributed by atoms with Gasteiger partial charge in [-0.2, -0.15) is 0 Å². The summed E-state index contributed by atoms with van der Waals surface area (Å²) < 4.78 is 0. The molecule has 2 saturated heterocycles. The summed E-state index contributed by atoms with van der Waals surface area (Å²) in [6.07, 6.45) is 0. The largest absolute Gasteiger partial charge is 0.366 e. The summed E-state index contributed by atoms with van der Waals surface area (Å²) in [6, 6.07) is 5.78. The second-order valence-electron chi connectivity index (χ2n) is 5.72. The highest BCUT2D eigenvalue weighted by molar-refractivity contribution is 5.93. The number of nitrogens with one attached hydrogen (secondary N) is 1. The predicted octanol–water partition coefficient (Wildman–Crippen LogP) is 0.303. The third-order valence-electron chi connectivity index (χ3n) is 4.29. The van der Waals surface area contributed by atoms with Crippen molar-refractivity contribution < 1.29 is 9.59 Å². The Morgan fingerprint density at radius 2 is 2.29 bits per heavy atom. The molecule has 1 atom stereocenters. The minimum Gasteiger partial charge on any atom is -0.366 e. The molecule has 1 aromatic carbocycles. The number of piperazine rings is 1. The van der Waals surface area contributed by atoms with Crippen LogP contribution in [0.1, 0.15) is 21.5 Å². The Hall–Kier alpha value is -2.08. The molecule has 3 N–H and O–H groups in total. The maximum Gasteiger partial charge on any atom is 0.320 e. The smallest absolute Gasteiger partial charge is 0.320 e. The first kappa shape index (κ1) is 13.9. The molecule has 112 valence electrons. The molecule has 21 heavy (non-hydrogen) atoms. The lowest BCUT2D eigenvalue weighted by atomic mass is 10.0. The highest BCUT2D eigenvalue weighted by Gasteiger charge is 2.38. The number of carbonyl (C=O) groups is 2. The normalized spacial score (nSPS) is 21.6. The van der Waals surface area contributed by atoms with E-state index in [1.165, 1.54) is 0 Å². The summed E-state index contributed by atoms with van der Waals surface area (Å²) in [6.45, 7) is 5.78. The van der Waals surface area contributed by atoms with Crippen LogP contribution in [-0.2, 0) is 6.54 Å². The molecule has 0 spiro atoms. The van der Waals surface area contributed by atoms with Gasteiger partial charge in [0.1, 0.15) is 0 Å². The number of urea groups is 1. The molecule has 2 aliphatic heterocycles. The third kappa shape index (κ3) is 2.58. The molecule has 0 aromatic heterocycles. The van der Waals surface area contributed by atoms with E-state index in [-0.39, 0.29) is 12.1 Å². The fourth-order valence-corrected chi connectivity index (χ4v) is 3.05. The highest BCUT2D eigenvalue weighted by Crippen LogP contribution is 2.21. The van der Waals surface area contributed by atoms with E-state index in [0.29, 0.717) is 12.1 Å². The summed E-state index contributed by atoms with van der Waals surface area (Å²) in [5, 5.41) is 3.32. The van der Waals surface area contributed by atoms with Gasteiger partial charge in [-0.25, -0.2) is 4.79 Å². The van der Waals surface area contributed by atoms with Crippen LogP contribution >= 0.6 is 0 Å². The van der Waals surface area contributed by atoms with Crippen LogP contribution in [0.25, 0.3) is 0 Å². The Labute approximate surface area is 123 Å². The topological polar surface area (TPSA) is 78.7 Å². The van der Waals surface area contributed by atoms with E-state index in [2.05, 4.69) is 5.32 Å². The quantitative estimate of drug-likeness (QED) is 0.840. The number of amides is 3. The third-order valence-corrected chi connectivity index (χ3v) is 4.29. The van der Waals surface area contributed by atoms with Crippen molar-refractivity contribution in [1.82, 2.24) is 15.1 Å². The molecule has 0 radical (unpaired) electrons. The number of rotatable bonds is 3. The van der Waals surface area contributed by atoms with Gasteiger partial charge in [0.05, 0.1) is 6.04 Å². The van der Waals surface area contributed by atoms with Crippen LogP contribution in [0.5, 0.6) is 0 Å². The Bertz CT molecular complexity index is 587. The lowest BCUT2D eigenvalue weighted by Crippen LogP contribution is -2.49. The maximum atomic E-state index is 12.4. The molecular formula is C15H20N4O2. The summed E-state index contributed by atoms with van der Waals surface area (Å²) >= 11 is 0. The fourth-order valence-electron chi connectivity index (χ4n) is 3.05. The van der Waals surface area contributed by atoms with Crippen LogP contribution in [0.15, 0.2) is 18.2 Å². The number of nitrogens with two attached hydrogens (primary N) is 1. The first-order chi connectivity index (χ1) is 10.1. The zero-order valence-corrected chi connectivity index (χ0v) is 12.1. The molecule has 1 aromatic rings. The highest BCUT2D eigenvalue weighted by atomic mass is 16.2. The summed E-state index contributed by atoms with van der Waals surface area (Å²) in [4.78, 5) is 27.4. The number of nitrogens with zero attached hydrogens (tertiary/aromatic N) is 2. The van der Waals surface area contributed by atoms with Crippen LogP contribution < -0.4 is 11.1 Å². The zero-order valence-electron chi connectivity index (χ0n) is 12.1. The van der Waals surface area contributed by atoms with Gasteiger partial charge >= 0.3 is 6.03 Å². The SMILES string of the molecule is Cc1cc(C(N)=O)ccc1CN1CC2CNCCN2C1=O. The number of fused-ring (bicyclic) bond motifs is 1. The molecule has 0 aliphatic carbocycles. The molecule has 6 heteroatoms. The van der Waals surface area contributed by atoms with Gasteiger partial charge in [0, 0.05) is 38.3 Å². The fraction of sp³-hybridized carbons (Fsp3) is 0.467. The van der Waals surface area contributed by atoms with E-state index < -0.39 is 5.91 Å².